The van der Waals surface area contributed by atoms with Crippen LogP contribution in [-0.2, 0) is 41.0 Å². The number of azo groups is 2. The SMILES string of the molecule is CCN(CC)c1cc(Nc2nc(Nc3cc(N(CC)CC)c(OC)cc3N=Nc3ccc(-c4nc5ccc(C)c(S(=O)(=O)O)c5s4)cc3S(=O)(=O)O)nc(SCCO)n2)c(N=Nc2ccc(-c3nc4ccc(C)cc4s3)cc2S(=O)(=O)O)cc1OC.O=S(=O)=O. The van der Waals surface area contributed by atoms with Crippen molar-refractivity contribution in [1.29, 1.82) is 0 Å². The van der Waals surface area contributed by atoms with Crippen molar-refractivity contribution in [2.24, 2.45) is 20.5 Å². The number of nitrogens with one attached hydrogen (secondary N) is 2. The van der Waals surface area contributed by atoms with E-state index in [2.05, 4.69) is 51.0 Å². The van der Waals surface area contributed by atoms with Crippen LogP contribution >= 0.6 is 34.4 Å². The third-order valence-corrected chi connectivity index (χ3v) is 19.2. The smallest absolute Gasteiger partial charge is 0.425 e. The molecule has 0 bridgehead atoms. The molecular formula is C55H57N13O15S7. The Kier molecular flexibility index (Phi) is 21.6. The number of aromatic nitrogens is 5. The van der Waals surface area contributed by atoms with Crippen LogP contribution in [0.15, 0.2) is 131 Å². The van der Waals surface area contributed by atoms with Crippen molar-refractivity contribution in [3.8, 4) is 32.6 Å². The Hall–Kier alpha value is -8.23. The zero-order valence-corrected chi connectivity index (χ0v) is 54.7. The Labute approximate surface area is 530 Å². The summed E-state index contributed by atoms with van der Waals surface area (Å²) in [5.74, 6) is 0.840. The summed E-state index contributed by atoms with van der Waals surface area (Å²) in [6.07, 6.45) is 0. The first kappa shape index (κ1) is 67.7. The molecule has 35 heteroatoms. The summed E-state index contributed by atoms with van der Waals surface area (Å²) < 4.78 is 146. The molecule has 0 saturated heterocycles. The minimum Gasteiger partial charge on any atom is -0.494 e. The van der Waals surface area contributed by atoms with E-state index in [9.17, 15) is 44.0 Å². The summed E-state index contributed by atoms with van der Waals surface area (Å²) in [7, 11) is -14.7. The number of aliphatic hydroxyl groups is 1. The van der Waals surface area contributed by atoms with Crippen molar-refractivity contribution in [3.63, 3.8) is 0 Å². The van der Waals surface area contributed by atoms with Crippen molar-refractivity contribution in [2.75, 3.05) is 73.2 Å². The molecule has 90 heavy (non-hydrogen) atoms. The fraction of sp³-hybridized carbons (Fsp3) is 0.255. The van der Waals surface area contributed by atoms with E-state index in [-0.39, 0.29) is 94.8 Å². The molecule has 0 aliphatic carbocycles. The zero-order chi connectivity index (χ0) is 65.4. The minimum absolute atomic E-state index is 0.0416. The normalized spacial score (nSPS) is 12.0. The molecule has 0 saturated carbocycles. The molecule has 0 spiro atoms. The number of hydrogen-bond donors (Lipinski definition) is 6. The standard InChI is InChI=1S/C55H57N13O12S6.O3S/c1-9-67(10-2)42-26-38(40(28-44(42)79-7)65-63-35-19-15-32(24-47(35)84(70,71)72)51-56-34-17-13-30(5)23-46(34)82-51)58-53-60-54(62-55(61-53)81-22-21-69)59-39-27-43(68(11-3)12-4)45(80-8)29-41(39)66-64-36-20-16-33(25-48(36)85(73,74)75)52-57-37-18-14-31(6)50(49(37)83-52)86(76,77)78;1-4(2)3/h13-20,23-29,69H,9-12,21-22H2,1-8H3,(H,70,71,72)(H,73,74,75)(H,76,77,78)(H2,58,59,60,61,62);. The molecule has 6 aromatic carbocycles. The van der Waals surface area contributed by atoms with Crippen LogP contribution in [0.4, 0.5) is 57.4 Å². The molecule has 9 rings (SSSR count). The highest BCUT2D eigenvalue weighted by atomic mass is 32.2. The average molecular weight is 1360 g/mol. The maximum Gasteiger partial charge on any atom is 0.425 e. The van der Waals surface area contributed by atoms with Crippen LogP contribution in [0.3, 0.4) is 0 Å². The van der Waals surface area contributed by atoms with Crippen LogP contribution in [0.25, 0.3) is 41.6 Å². The Balaban J connectivity index is 0.00000254. The number of thioether (sulfide) groups is 1. The van der Waals surface area contributed by atoms with Gasteiger partial charge in [0.05, 0.1) is 64.0 Å². The highest BCUT2D eigenvalue weighted by molar-refractivity contribution is 7.99. The van der Waals surface area contributed by atoms with Crippen LogP contribution < -0.4 is 29.9 Å². The van der Waals surface area contributed by atoms with Gasteiger partial charge in [-0.3, -0.25) is 13.7 Å². The minimum atomic E-state index is -5.01. The van der Waals surface area contributed by atoms with Gasteiger partial charge < -0.3 is 35.0 Å². The highest BCUT2D eigenvalue weighted by Gasteiger charge is 2.26. The summed E-state index contributed by atoms with van der Waals surface area (Å²) in [4.78, 5) is 25.8. The van der Waals surface area contributed by atoms with Crippen molar-refractivity contribution < 1.29 is 66.1 Å². The van der Waals surface area contributed by atoms with Gasteiger partial charge >= 0.3 is 10.6 Å². The molecule has 6 N–H and O–H groups in total. The van der Waals surface area contributed by atoms with Gasteiger partial charge in [0, 0.05) is 55.2 Å². The summed E-state index contributed by atoms with van der Waals surface area (Å²) >= 11 is 3.37. The average Bonchev–Trinajstić information content (AvgIpc) is 1.56. The topological polar surface area (TPSA) is 397 Å². The number of nitrogens with zero attached hydrogens (tertiary/aromatic N) is 11. The number of methoxy groups -OCH3 is 2. The molecule has 0 aliphatic heterocycles. The first-order valence-electron chi connectivity index (χ1n) is 26.8. The van der Waals surface area contributed by atoms with E-state index in [1.54, 1.807) is 36.4 Å². The maximum absolute atomic E-state index is 13.1. The maximum atomic E-state index is 13.1. The number of ether oxygens (including phenoxy) is 2. The lowest BCUT2D eigenvalue weighted by Crippen LogP contribution is -2.22. The summed E-state index contributed by atoms with van der Waals surface area (Å²) in [6, 6.07) is 23.7. The molecule has 474 valence electrons. The number of hydrogen-bond acceptors (Lipinski definition) is 28. The van der Waals surface area contributed by atoms with Crippen LogP contribution in [0.5, 0.6) is 11.5 Å². The van der Waals surface area contributed by atoms with Gasteiger partial charge in [-0.05, 0) is 119 Å². The second-order valence-electron chi connectivity index (χ2n) is 19.0. The first-order chi connectivity index (χ1) is 42.7. The molecule has 0 aliphatic rings. The van der Waals surface area contributed by atoms with E-state index in [0.717, 1.165) is 44.9 Å². The molecule has 0 radical (unpaired) electrons. The van der Waals surface area contributed by atoms with E-state index in [4.69, 9.17) is 27.1 Å². The summed E-state index contributed by atoms with van der Waals surface area (Å²) in [6.45, 7) is 13.3. The highest BCUT2D eigenvalue weighted by Crippen LogP contribution is 2.45. The summed E-state index contributed by atoms with van der Waals surface area (Å²) in [5.41, 5.74) is 4.38. The van der Waals surface area contributed by atoms with Crippen LogP contribution in [0.1, 0.15) is 38.8 Å². The van der Waals surface area contributed by atoms with Crippen molar-refractivity contribution in [2.45, 2.75) is 61.4 Å². The summed E-state index contributed by atoms with van der Waals surface area (Å²) in [5, 5.41) is 34.9. The monoisotopic (exact) mass is 1360 g/mol. The molecule has 0 amide bonds. The van der Waals surface area contributed by atoms with Crippen molar-refractivity contribution in [1.82, 2.24) is 24.9 Å². The van der Waals surface area contributed by atoms with Gasteiger partial charge in [-0.15, -0.1) is 55.8 Å². The fourth-order valence-corrected chi connectivity index (χ4v) is 14.3. The Morgan fingerprint density at radius 3 is 1.47 bits per heavy atom. The second-order valence-corrected chi connectivity index (χ2v) is 26.6. The van der Waals surface area contributed by atoms with Gasteiger partial charge in [-0.2, -0.15) is 40.2 Å². The van der Waals surface area contributed by atoms with E-state index in [1.165, 1.54) is 62.8 Å². The quantitative estimate of drug-likeness (QED) is 0.0186. The number of thiazole rings is 2. The molecule has 0 unspecified atom stereocenters. The van der Waals surface area contributed by atoms with E-state index >= 15 is 0 Å². The predicted molar refractivity (Wildman–Crippen MR) is 344 cm³/mol. The van der Waals surface area contributed by atoms with Crippen LogP contribution in [0, 0.1) is 13.8 Å². The van der Waals surface area contributed by atoms with E-state index in [0.29, 0.717) is 59.6 Å². The lowest BCUT2D eigenvalue weighted by Gasteiger charge is -2.25. The van der Waals surface area contributed by atoms with Gasteiger partial charge in [0.25, 0.3) is 30.4 Å². The molecule has 9 aromatic rings. The lowest BCUT2D eigenvalue weighted by atomic mass is 10.2. The molecule has 3 aromatic heterocycles. The largest absolute Gasteiger partial charge is 0.494 e. The third-order valence-electron chi connectivity index (χ3n) is 13.2. The van der Waals surface area contributed by atoms with Gasteiger partial charge in [0.2, 0.25) is 11.9 Å². The number of fused-ring (bicyclic) bond motifs is 2. The van der Waals surface area contributed by atoms with Crippen molar-refractivity contribution in [3.05, 3.63) is 102 Å². The number of aryl methyl sites for hydroxylation is 2. The van der Waals surface area contributed by atoms with Gasteiger partial charge in [-0.1, -0.05) is 23.9 Å². The molecule has 28 nitrogen and oxygen atoms in total. The van der Waals surface area contributed by atoms with Crippen molar-refractivity contribution >= 4 is 153 Å². The second kappa shape index (κ2) is 28.7. The molecular weight excluding hydrogens is 1310 g/mol. The van der Waals surface area contributed by atoms with E-state index in [1.807, 2.05) is 62.6 Å². The molecule has 0 fully saturated rings. The molecule has 0 atom stereocenters. The number of benzene rings is 6. The van der Waals surface area contributed by atoms with Crippen LogP contribution in [-0.4, -0.2) is 134 Å². The van der Waals surface area contributed by atoms with Gasteiger partial charge in [0.15, 0.2) is 5.16 Å². The fourth-order valence-electron chi connectivity index (χ4n) is 9.10. The van der Waals surface area contributed by atoms with E-state index < -0.39 is 50.8 Å². The number of anilines is 6. The lowest BCUT2D eigenvalue weighted by molar-refractivity contribution is 0.322. The van der Waals surface area contributed by atoms with Gasteiger partial charge in [0.1, 0.15) is 59.0 Å². The number of aliphatic hydroxyl groups excluding tert-OH is 1. The molecule has 3 heterocycles. The van der Waals surface area contributed by atoms with Crippen LogP contribution in [0.2, 0.25) is 0 Å². The Morgan fingerprint density at radius 2 is 1.02 bits per heavy atom. The first-order valence-corrected chi connectivity index (χ1v) is 34.7. The van der Waals surface area contributed by atoms with Gasteiger partial charge in [-0.25, -0.2) is 9.97 Å². The Morgan fingerprint density at radius 1 is 0.567 bits per heavy atom. The third kappa shape index (κ3) is 16.0. The Bertz CT molecular complexity index is 4730. The zero-order valence-electron chi connectivity index (χ0n) is 49.0. The number of rotatable bonds is 24. The predicted octanol–water partition coefficient (Wildman–Crippen LogP) is 11.9.